The Bertz CT molecular complexity index is 1040. The smallest absolute Gasteiger partial charge is 0.294 e. The molecule has 2 heterocycles. The number of hydrogen-bond acceptors (Lipinski definition) is 6. The summed E-state index contributed by atoms with van der Waals surface area (Å²) in [5.41, 5.74) is 2.05. The van der Waals surface area contributed by atoms with Crippen LogP contribution in [0, 0.1) is 22.0 Å². The number of imide groups is 1. The third kappa shape index (κ3) is 4.11. The van der Waals surface area contributed by atoms with Crippen LogP contribution in [-0.2, 0) is 16.1 Å². The molecule has 0 N–H and O–H groups in total. The van der Waals surface area contributed by atoms with E-state index in [-0.39, 0.29) is 29.3 Å². The molecule has 0 aromatic heterocycles. The largest absolute Gasteiger partial charge is 0.363 e. The maximum atomic E-state index is 12.9. The number of rotatable bonds is 5. The zero-order valence-corrected chi connectivity index (χ0v) is 18.6. The molecule has 172 valence electrons. The van der Waals surface area contributed by atoms with Crippen molar-refractivity contribution < 1.29 is 14.5 Å². The van der Waals surface area contributed by atoms with Crippen LogP contribution in [0.4, 0.5) is 17.1 Å². The first-order valence-corrected chi connectivity index (χ1v) is 11.7. The monoisotopic (exact) mass is 448 g/mol. The highest BCUT2D eigenvalue weighted by atomic mass is 16.6. The van der Waals surface area contributed by atoms with Gasteiger partial charge >= 0.3 is 0 Å². The molecule has 33 heavy (non-hydrogen) atoms. The van der Waals surface area contributed by atoms with Gasteiger partial charge in [0, 0.05) is 38.8 Å². The lowest BCUT2D eigenvalue weighted by Gasteiger charge is -2.36. The van der Waals surface area contributed by atoms with Crippen molar-refractivity contribution in [3.63, 3.8) is 0 Å². The maximum Gasteiger partial charge on any atom is 0.294 e. The van der Waals surface area contributed by atoms with Gasteiger partial charge in [0.15, 0.2) is 0 Å². The fourth-order valence-corrected chi connectivity index (χ4v) is 5.47. The summed E-state index contributed by atoms with van der Waals surface area (Å²) < 4.78 is 0. The van der Waals surface area contributed by atoms with E-state index in [1.165, 1.54) is 16.5 Å². The summed E-state index contributed by atoms with van der Waals surface area (Å²) in [4.78, 5) is 42.9. The Morgan fingerprint density at radius 2 is 1.52 bits per heavy atom. The van der Waals surface area contributed by atoms with Crippen LogP contribution in [0.15, 0.2) is 48.5 Å². The van der Waals surface area contributed by atoms with E-state index < -0.39 is 4.92 Å². The number of nitrogens with zero attached hydrogens (tertiary/aromatic N) is 4. The number of carbonyl (C=O) groups excluding carboxylic acids is 2. The lowest BCUT2D eigenvalue weighted by molar-refractivity contribution is -0.384. The molecule has 0 bridgehead atoms. The van der Waals surface area contributed by atoms with Crippen molar-refractivity contribution in [1.82, 2.24) is 4.90 Å². The van der Waals surface area contributed by atoms with E-state index in [2.05, 4.69) is 17.0 Å². The highest BCUT2D eigenvalue weighted by molar-refractivity contribution is 6.22. The number of anilines is 2. The number of nitro groups is 1. The summed E-state index contributed by atoms with van der Waals surface area (Å²) in [6.07, 6.45) is 3.34. The molecule has 3 fully saturated rings. The molecule has 8 nitrogen and oxygen atoms in total. The third-order valence-electron chi connectivity index (χ3n) is 7.22. The van der Waals surface area contributed by atoms with Gasteiger partial charge in [-0.1, -0.05) is 43.2 Å². The molecule has 0 unspecified atom stereocenters. The normalized spacial score (nSPS) is 23.6. The van der Waals surface area contributed by atoms with Gasteiger partial charge in [-0.05, 0) is 30.5 Å². The van der Waals surface area contributed by atoms with Crippen molar-refractivity contribution in [2.45, 2.75) is 32.2 Å². The highest BCUT2D eigenvalue weighted by Gasteiger charge is 2.49. The molecule has 5 rings (SSSR count). The summed E-state index contributed by atoms with van der Waals surface area (Å²) in [5, 5.41) is 11.9. The summed E-state index contributed by atoms with van der Waals surface area (Å²) in [5.74, 6) is -0.965. The minimum absolute atomic E-state index is 0.0560. The molecule has 1 saturated carbocycles. The van der Waals surface area contributed by atoms with Gasteiger partial charge in [-0.15, -0.1) is 0 Å². The lowest BCUT2D eigenvalue weighted by Crippen LogP contribution is -2.46. The second-order valence-corrected chi connectivity index (χ2v) is 9.19. The maximum absolute atomic E-state index is 12.9. The second kappa shape index (κ2) is 8.94. The van der Waals surface area contributed by atoms with Gasteiger partial charge in [0.2, 0.25) is 11.8 Å². The third-order valence-corrected chi connectivity index (χ3v) is 7.22. The Labute approximate surface area is 192 Å². The summed E-state index contributed by atoms with van der Waals surface area (Å²) >= 11 is 0. The molecule has 2 atom stereocenters. The van der Waals surface area contributed by atoms with Gasteiger partial charge < -0.3 is 4.90 Å². The Balaban J connectivity index is 1.33. The lowest BCUT2D eigenvalue weighted by atomic mass is 9.81. The number of piperazine rings is 1. The highest BCUT2D eigenvalue weighted by Crippen LogP contribution is 2.42. The molecule has 2 saturated heterocycles. The summed E-state index contributed by atoms with van der Waals surface area (Å²) in [7, 11) is 0. The Morgan fingerprint density at radius 1 is 0.879 bits per heavy atom. The van der Waals surface area contributed by atoms with Gasteiger partial charge in [0.05, 0.1) is 22.4 Å². The first kappa shape index (κ1) is 21.6. The number of benzene rings is 2. The SMILES string of the molecule is O=C1[C@H]2CCCC[C@H]2C(=O)N1c1ccc(N2CCN(Cc3ccccc3)CC2)c([N+](=O)[O-])c1. The Kier molecular flexibility index (Phi) is 5.85. The Morgan fingerprint density at radius 3 is 2.12 bits per heavy atom. The summed E-state index contributed by atoms with van der Waals surface area (Å²) in [6.45, 7) is 3.83. The molecule has 8 heteroatoms. The molecular weight excluding hydrogens is 420 g/mol. The van der Waals surface area contributed by atoms with Crippen LogP contribution in [-0.4, -0.2) is 47.8 Å². The molecule has 2 amide bonds. The van der Waals surface area contributed by atoms with Crippen LogP contribution in [0.3, 0.4) is 0 Å². The second-order valence-electron chi connectivity index (χ2n) is 9.19. The van der Waals surface area contributed by atoms with Crippen LogP contribution in [0.1, 0.15) is 31.2 Å². The first-order chi connectivity index (χ1) is 16.0. The van der Waals surface area contributed by atoms with E-state index in [4.69, 9.17) is 0 Å². The number of amides is 2. The minimum atomic E-state index is -0.409. The zero-order valence-electron chi connectivity index (χ0n) is 18.6. The molecule has 0 spiro atoms. The van der Waals surface area contributed by atoms with Gasteiger partial charge in [0.1, 0.15) is 5.69 Å². The Hall–Kier alpha value is -3.26. The van der Waals surface area contributed by atoms with Gasteiger partial charge in [-0.25, -0.2) is 4.90 Å². The van der Waals surface area contributed by atoms with E-state index >= 15 is 0 Å². The number of fused-ring (bicyclic) bond motifs is 1. The average Bonchev–Trinajstić information content (AvgIpc) is 3.10. The van der Waals surface area contributed by atoms with Crippen molar-refractivity contribution in [2.24, 2.45) is 11.8 Å². The van der Waals surface area contributed by atoms with Gasteiger partial charge in [-0.2, -0.15) is 0 Å². The average molecular weight is 449 g/mol. The van der Waals surface area contributed by atoms with E-state index in [0.717, 1.165) is 45.3 Å². The predicted octanol–water partition coefficient (Wildman–Crippen LogP) is 3.60. The molecule has 2 aromatic carbocycles. The van der Waals surface area contributed by atoms with E-state index in [9.17, 15) is 19.7 Å². The van der Waals surface area contributed by atoms with Crippen molar-refractivity contribution in [3.05, 3.63) is 64.2 Å². The van der Waals surface area contributed by atoms with Crippen molar-refractivity contribution in [3.8, 4) is 0 Å². The fraction of sp³-hybridized carbons (Fsp3) is 0.440. The van der Waals surface area contributed by atoms with Gasteiger partial charge in [-0.3, -0.25) is 24.6 Å². The zero-order chi connectivity index (χ0) is 22.9. The topological polar surface area (TPSA) is 87.0 Å². The van der Waals surface area contributed by atoms with Crippen molar-refractivity contribution in [1.29, 1.82) is 0 Å². The fourth-order valence-electron chi connectivity index (χ4n) is 5.47. The number of hydrogen-bond donors (Lipinski definition) is 0. The molecule has 1 aliphatic carbocycles. The van der Waals surface area contributed by atoms with E-state index in [1.807, 2.05) is 23.1 Å². The van der Waals surface area contributed by atoms with Crippen LogP contribution in [0.5, 0.6) is 0 Å². The molecule has 2 aromatic rings. The molecule has 3 aliphatic rings. The van der Waals surface area contributed by atoms with E-state index in [0.29, 0.717) is 24.5 Å². The minimum Gasteiger partial charge on any atom is -0.363 e. The van der Waals surface area contributed by atoms with Crippen molar-refractivity contribution in [2.75, 3.05) is 36.0 Å². The number of nitro benzene ring substituents is 1. The molecule has 0 radical (unpaired) electrons. The molecular formula is C25H28N4O4. The quantitative estimate of drug-likeness (QED) is 0.395. The summed E-state index contributed by atoms with van der Waals surface area (Å²) in [6, 6.07) is 15.1. The van der Waals surface area contributed by atoms with Crippen LogP contribution in [0.25, 0.3) is 0 Å². The van der Waals surface area contributed by atoms with E-state index in [1.54, 1.807) is 12.1 Å². The van der Waals surface area contributed by atoms with Gasteiger partial charge in [0.25, 0.3) is 5.69 Å². The van der Waals surface area contributed by atoms with Crippen LogP contribution < -0.4 is 9.80 Å². The van der Waals surface area contributed by atoms with Crippen molar-refractivity contribution >= 4 is 28.9 Å². The van der Waals surface area contributed by atoms with Crippen LogP contribution in [0.2, 0.25) is 0 Å². The first-order valence-electron chi connectivity index (χ1n) is 11.7. The number of carbonyl (C=O) groups is 2. The predicted molar refractivity (Wildman–Crippen MR) is 125 cm³/mol. The molecule has 2 aliphatic heterocycles. The van der Waals surface area contributed by atoms with Crippen LogP contribution >= 0.6 is 0 Å². The standard InChI is InChI=1S/C25H28N4O4/c30-24-20-8-4-5-9-21(20)25(31)28(24)19-10-11-22(23(16-19)29(32)33)27-14-12-26(13-15-27)17-18-6-2-1-3-7-18/h1-3,6-7,10-11,16,20-21H,4-5,8-9,12-15,17H2/t20-,21+.